The smallest absolute Gasteiger partial charge is 0.305 e. The highest BCUT2D eigenvalue weighted by molar-refractivity contribution is 5.69. The molecule has 1 rings (SSSR count). The molecule has 0 bridgehead atoms. The number of likely N-dealkylation sites (tertiary alicyclic amines) is 1. The molecule has 1 saturated heterocycles. The van der Waals surface area contributed by atoms with Crippen molar-refractivity contribution in [3.8, 4) is 0 Å². The van der Waals surface area contributed by atoms with Gasteiger partial charge < -0.3 is 19.3 Å². The number of ether oxygens (including phenoxy) is 2. The van der Waals surface area contributed by atoms with Gasteiger partial charge in [-0.05, 0) is 102 Å². The highest BCUT2D eigenvalue weighted by atomic mass is 16.5. The van der Waals surface area contributed by atoms with E-state index in [0.29, 0.717) is 26.1 Å². The molecular weight excluding hydrogens is 741 g/mol. The summed E-state index contributed by atoms with van der Waals surface area (Å²) in [6, 6.07) is 0. The molecule has 0 amide bonds. The van der Waals surface area contributed by atoms with Gasteiger partial charge in [-0.15, -0.1) is 0 Å². The second-order valence-corrected chi connectivity index (χ2v) is 19.3. The second-order valence-electron chi connectivity index (χ2n) is 19.3. The largest absolute Gasteiger partial charge is 0.466 e. The Kier molecular flexibility index (Phi) is 42.2. The fourth-order valence-corrected chi connectivity index (χ4v) is 9.46. The Morgan fingerprint density at radius 2 is 0.750 bits per heavy atom. The van der Waals surface area contributed by atoms with Crippen molar-refractivity contribution in [2.45, 2.75) is 272 Å². The van der Waals surface area contributed by atoms with E-state index < -0.39 is 0 Å². The summed E-state index contributed by atoms with van der Waals surface area (Å²) in [6.45, 7) is 17.7. The fourth-order valence-electron chi connectivity index (χ4n) is 9.46. The molecular formula is C54H106N2O4. The number of hydrogen-bond donors (Lipinski definition) is 0. The number of carbonyl (C=O) groups is 2. The Morgan fingerprint density at radius 1 is 0.417 bits per heavy atom. The number of carbonyl (C=O) groups excluding carboxylic acids is 2. The summed E-state index contributed by atoms with van der Waals surface area (Å²) in [6.07, 6.45) is 47.0. The van der Waals surface area contributed by atoms with Gasteiger partial charge in [0.05, 0.1) is 13.2 Å². The lowest BCUT2D eigenvalue weighted by Crippen LogP contribution is -2.35. The fraction of sp³-hybridized carbons (Fsp3) is 0.963. The molecule has 0 aliphatic carbocycles. The predicted molar refractivity (Wildman–Crippen MR) is 260 cm³/mol. The van der Waals surface area contributed by atoms with Gasteiger partial charge in [-0.25, -0.2) is 0 Å². The van der Waals surface area contributed by atoms with Crippen LogP contribution in [0.4, 0.5) is 0 Å². The lowest BCUT2D eigenvalue weighted by Gasteiger charge is -2.25. The minimum Gasteiger partial charge on any atom is -0.466 e. The lowest BCUT2D eigenvalue weighted by molar-refractivity contribution is -0.144. The van der Waals surface area contributed by atoms with Gasteiger partial charge in [0.1, 0.15) is 0 Å². The van der Waals surface area contributed by atoms with Crippen molar-refractivity contribution < 1.29 is 19.1 Å². The lowest BCUT2D eigenvalue weighted by atomic mass is 9.91. The molecule has 1 aliphatic heterocycles. The van der Waals surface area contributed by atoms with Gasteiger partial charge in [0, 0.05) is 25.9 Å². The van der Waals surface area contributed by atoms with Crippen LogP contribution in [0.5, 0.6) is 0 Å². The summed E-state index contributed by atoms with van der Waals surface area (Å²) < 4.78 is 11.3. The summed E-state index contributed by atoms with van der Waals surface area (Å²) in [5.41, 5.74) is 0. The monoisotopic (exact) mass is 847 g/mol. The average molecular weight is 847 g/mol. The average Bonchev–Trinajstić information content (AvgIpc) is 3.78. The van der Waals surface area contributed by atoms with Crippen LogP contribution in [0.3, 0.4) is 0 Å². The van der Waals surface area contributed by atoms with Crippen LogP contribution >= 0.6 is 0 Å². The quantitative estimate of drug-likeness (QED) is 0.0449. The molecule has 6 heteroatoms. The number of nitrogens with zero attached hydrogens (tertiary/aromatic N) is 2. The molecule has 0 N–H and O–H groups in total. The van der Waals surface area contributed by atoms with Crippen LogP contribution in [0, 0.1) is 11.8 Å². The van der Waals surface area contributed by atoms with Gasteiger partial charge in [0.15, 0.2) is 0 Å². The Balaban J connectivity index is 2.18. The molecule has 0 unspecified atom stereocenters. The van der Waals surface area contributed by atoms with E-state index in [9.17, 15) is 9.59 Å². The van der Waals surface area contributed by atoms with Crippen molar-refractivity contribution in [3.05, 3.63) is 0 Å². The van der Waals surface area contributed by atoms with Gasteiger partial charge in [-0.1, -0.05) is 195 Å². The van der Waals surface area contributed by atoms with Crippen LogP contribution in [0.1, 0.15) is 272 Å². The first-order valence-electron chi connectivity index (χ1n) is 27.3. The van der Waals surface area contributed by atoms with E-state index in [-0.39, 0.29) is 11.9 Å². The molecule has 6 nitrogen and oxygen atoms in total. The zero-order valence-electron chi connectivity index (χ0n) is 41.2. The van der Waals surface area contributed by atoms with E-state index in [1.165, 1.54) is 232 Å². The Hall–Kier alpha value is -1.14. The van der Waals surface area contributed by atoms with Crippen molar-refractivity contribution in [3.63, 3.8) is 0 Å². The highest BCUT2D eigenvalue weighted by Gasteiger charge is 2.15. The predicted octanol–water partition coefficient (Wildman–Crippen LogP) is 15.8. The van der Waals surface area contributed by atoms with E-state index in [2.05, 4.69) is 37.5 Å². The van der Waals surface area contributed by atoms with E-state index >= 15 is 0 Å². The second kappa shape index (κ2) is 44.5. The van der Waals surface area contributed by atoms with Gasteiger partial charge in [0.25, 0.3) is 0 Å². The maximum atomic E-state index is 12.4. The molecule has 1 heterocycles. The summed E-state index contributed by atoms with van der Waals surface area (Å²) in [5, 5.41) is 0. The van der Waals surface area contributed by atoms with E-state index in [1.54, 1.807) is 0 Å². The number of unbranched alkanes of at least 4 members (excludes halogenated alkanes) is 20. The van der Waals surface area contributed by atoms with Crippen molar-refractivity contribution in [1.29, 1.82) is 0 Å². The minimum absolute atomic E-state index is 0.0147. The summed E-state index contributed by atoms with van der Waals surface area (Å²) >= 11 is 0. The molecule has 0 saturated carbocycles. The van der Waals surface area contributed by atoms with Crippen molar-refractivity contribution in [2.75, 3.05) is 52.5 Å². The van der Waals surface area contributed by atoms with Crippen LogP contribution in [0.25, 0.3) is 0 Å². The SMILES string of the molecule is CCCCCCC(CCCCCC)CCCOC(=O)CCCCCCCN(CCCCCCCC(=O)OCCCC(CCCCCC)CCCCCC)CCN1CCCC1. The molecule has 356 valence electrons. The standard InChI is InChI=1S/C54H106N2O4/c1-5-9-13-23-35-51(36-24-14-10-6-2)39-33-49-59-53(57)41-27-19-17-21-29-43-55(47-48-56-45-31-32-46-56)44-30-22-18-20-28-42-54(58)60-50-34-40-52(37-25-15-11-7-3)38-26-16-12-8-4/h51-52H,5-50H2,1-4H3. The highest BCUT2D eigenvalue weighted by Crippen LogP contribution is 2.24. The van der Waals surface area contributed by atoms with Crippen LogP contribution in [-0.2, 0) is 19.1 Å². The van der Waals surface area contributed by atoms with Crippen molar-refractivity contribution in [2.24, 2.45) is 11.8 Å². The number of hydrogen-bond acceptors (Lipinski definition) is 6. The Bertz CT molecular complexity index is 822. The van der Waals surface area contributed by atoms with Crippen LogP contribution in [0.15, 0.2) is 0 Å². The van der Waals surface area contributed by atoms with E-state index in [4.69, 9.17) is 9.47 Å². The van der Waals surface area contributed by atoms with Gasteiger partial charge in [-0.3, -0.25) is 9.59 Å². The first-order valence-corrected chi connectivity index (χ1v) is 27.3. The van der Waals surface area contributed by atoms with Gasteiger partial charge in [0.2, 0.25) is 0 Å². The molecule has 1 fully saturated rings. The molecule has 0 spiro atoms. The van der Waals surface area contributed by atoms with E-state index in [0.717, 1.165) is 50.4 Å². The number of esters is 2. The van der Waals surface area contributed by atoms with Crippen molar-refractivity contribution >= 4 is 11.9 Å². The number of rotatable bonds is 47. The Morgan fingerprint density at radius 3 is 1.13 bits per heavy atom. The Labute approximate surface area is 375 Å². The zero-order chi connectivity index (χ0) is 43.4. The molecule has 0 aromatic carbocycles. The van der Waals surface area contributed by atoms with Gasteiger partial charge in [-0.2, -0.15) is 0 Å². The van der Waals surface area contributed by atoms with E-state index in [1.807, 2.05) is 0 Å². The molecule has 0 atom stereocenters. The van der Waals surface area contributed by atoms with Crippen molar-refractivity contribution in [1.82, 2.24) is 9.80 Å². The third kappa shape index (κ3) is 37.4. The molecule has 0 aromatic rings. The topological polar surface area (TPSA) is 59.1 Å². The molecule has 0 aromatic heterocycles. The first kappa shape index (κ1) is 56.9. The summed E-state index contributed by atoms with van der Waals surface area (Å²) in [4.78, 5) is 30.2. The summed E-state index contributed by atoms with van der Waals surface area (Å²) in [7, 11) is 0. The summed E-state index contributed by atoms with van der Waals surface area (Å²) in [5.74, 6) is 1.66. The maximum absolute atomic E-state index is 12.4. The normalized spacial score (nSPS) is 13.4. The van der Waals surface area contributed by atoms with Crippen LogP contribution in [0.2, 0.25) is 0 Å². The minimum atomic E-state index is 0.0147. The third-order valence-corrected chi connectivity index (χ3v) is 13.5. The molecule has 1 aliphatic rings. The maximum Gasteiger partial charge on any atom is 0.305 e. The molecule has 60 heavy (non-hydrogen) atoms. The molecule has 0 radical (unpaired) electrons. The van der Waals surface area contributed by atoms with Gasteiger partial charge >= 0.3 is 11.9 Å². The van der Waals surface area contributed by atoms with Crippen LogP contribution < -0.4 is 0 Å². The zero-order valence-corrected chi connectivity index (χ0v) is 41.2. The van der Waals surface area contributed by atoms with Crippen LogP contribution in [-0.4, -0.2) is 74.2 Å². The first-order chi connectivity index (χ1) is 29.5. The third-order valence-electron chi connectivity index (χ3n) is 13.5.